The zero-order valence-corrected chi connectivity index (χ0v) is 15.9. The number of hydrogen-bond donors (Lipinski definition) is 2. The lowest BCUT2D eigenvalue weighted by atomic mass is 10.0. The van der Waals surface area contributed by atoms with Crippen LogP contribution >= 0.6 is 0 Å². The first-order chi connectivity index (χ1) is 13.8. The summed E-state index contributed by atoms with van der Waals surface area (Å²) in [5, 5.41) is 1.40. The molecular weight excluding hydrogens is 344 g/mol. The standard InChI is InChI=1S/C25H24N2O/c1-2-7-19(8-3-1)18-28-21-10-6-9-20(15-21)16-27-14-13-23-22-11-4-5-12-24(22)26-25(23)17-27/h1-12,15,26H,13-14,16-18H2/p+1. The molecule has 0 saturated carbocycles. The van der Waals surface area contributed by atoms with Gasteiger partial charge in [-0.15, -0.1) is 0 Å². The summed E-state index contributed by atoms with van der Waals surface area (Å²) in [4.78, 5) is 5.23. The van der Waals surface area contributed by atoms with E-state index < -0.39 is 0 Å². The van der Waals surface area contributed by atoms with Crippen LogP contribution in [0.5, 0.6) is 5.75 Å². The van der Waals surface area contributed by atoms with Gasteiger partial charge in [0.1, 0.15) is 25.4 Å². The van der Waals surface area contributed by atoms with Crippen molar-refractivity contribution in [3.8, 4) is 5.75 Å². The lowest BCUT2D eigenvalue weighted by Gasteiger charge is -2.24. The quantitative estimate of drug-likeness (QED) is 0.549. The van der Waals surface area contributed by atoms with E-state index in [9.17, 15) is 0 Å². The predicted molar refractivity (Wildman–Crippen MR) is 112 cm³/mol. The van der Waals surface area contributed by atoms with Gasteiger partial charge in [0, 0.05) is 22.9 Å². The molecule has 0 spiro atoms. The minimum atomic E-state index is 0.610. The second-order valence-electron chi connectivity index (χ2n) is 7.65. The minimum absolute atomic E-state index is 0.610. The smallest absolute Gasteiger partial charge is 0.120 e. The van der Waals surface area contributed by atoms with Crippen molar-refractivity contribution < 1.29 is 9.64 Å². The van der Waals surface area contributed by atoms with Gasteiger partial charge in [0.15, 0.2) is 0 Å². The molecule has 1 unspecified atom stereocenters. The number of aromatic amines is 1. The molecule has 1 aliphatic heterocycles. The monoisotopic (exact) mass is 369 g/mol. The highest BCUT2D eigenvalue weighted by molar-refractivity contribution is 5.84. The molecular formula is C25H25N2O+. The van der Waals surface area contributed by atoms with Gasteiger partial charge in [-0.1, -0.05) is 60.7 Å². The summed E-state index contributed by atoms with van der Waals surface area (Å²) in [6.45, 7) is 3.86. The maximum Gasteiger partial charge on any atom is 0.120 e. The van der Waals surface area contributed by atoms with E-state index in [2.05, 4.69) is 59.6 Å². The van der Waals surface area contributed by atoms with Crippen LogP contribution in [0.1, 0.15) is 22.4 Å². The molecule has 28 heavy (non-hydrogen) atoms. The summed E-state index contributed by atoms with van der Waals surface area (Å²) in [6, 6.07) is 27.5. The Hall–Kier alpha value is -3.04. The molecule has 0 aliphatic carbocycles. The van der Waals surface area contributed by atoms with Crippen LogP contribution in [0, 0.1) is 0 Å². The molecule has 2 heterocycles. The van der Waals surface area contributed by atoms with Crippen LogP contribution in [0.3, 0.4) is 0 Å². The van der Waals surface area contributed by atoms with Gasteiger partial charge < -0.3 is 14.6 Å². The molecule has 2 N–H and O–H groups in total. The van der Waals surface area contributed by atoms with E-state index in [1.54, 1.807) is 4.90 Å². The van der Waals surface area contributed by atoms with Gasteiger partial charge in [0.25, 0.3) is 0 Å². The van der Waals surface area contributed by atoms with E-state index in [4.69, 9.17) is 4.74 Å². The molecule has 0 saturated heterocycles. The topological polar surface area (TPSA) is 29.5 Å². The van der Waals surface area contributed by atoms with Crippen LogP contribution in [-0.2, 0) is 26.1 Å². The highest BCUT2D eigenvalue weighted by atomic mass is 16.5. The molecule has 1 aliphatic rings. The van der Waals surface area contributed by atoms with Gasteiger partial charge in [-0.2, -0.15) is 0 Å². The largest absolute Gasteiger partial charge is 0.489 e. The first kappa shape index (κ1) is 17.1. The third-order valence-electron chi connectivity index (χ3n) is 5.66. The van der Waals surface area contributed by atoms with Crippen molar-refractivity contribution in [3.63, 3.8) is 0 Å². The molecule has 4 aromatic rings. The van der Waals surface area contributed by atoms with Crippen LogP contribution in [0.15, 0.2) is 78.9 Å². The van der Waals surface area contributed by atoms with Gasteiger partial charge in [0.2, 0.25) is 0 Å². The summed E-state index contributed by atoms with van der Waals surface area (Å²) in [5.74, 6) is 0.948. The Morgan fingerprint density at radius 2 is 1.68 bits per heavy atom. The van der Waals surface area contributed by atoms with E-state index in [1.807, 2.05) is 24.3 Å². The van der Waals surface area contributed by atoms with E-state index in [0.717, 1.165) is 25.3 Å². The SMILES string of the molecule is c1ccc(COc2cccc(C[NH+]3CCc4c([nH]c5ccccc45)C3)c2)cc1. The molecule has 0 bridgehead atoms. The maximum absolute atomic E-state index is 6.00. The van der Waals surface area contributed by atoms with Crippen LogP contribution in [0.2, 0.25) is 0 Å². The molecule has 0 amide bonds. The van der Waals surface area contributed by atoms with Crippen molar-refractivity contribution in [2.24, 2.45) is 0 Å². The first-order valence-electron chi connectivity index (χ1n) is 10.0. The Balaban J connectivity index is 1.26. The number of H-pyrrole nitrogens is 1. The zero-order valence-electron chi connectivity index (χ0n) is 15.9. The van der Waals surface area contributed by atoms with E-state index >= 15 is 0 Å². The third-order valence-corrected chi connectivity index (χ3v) is 5.66. The van der Waals surface area contributed by atoms with Crippen LogP contribution < -0.4 is 9.64 Å². The average molecular weight is 369 g/mol. The van der Waals surface area contributed by atoms with Crippen LogP contribution in [-0.4, -0.2) is 11.5 Å². The van der Waals surface area contributed by atoms with E-state index in [-0.39, 0.29) is 0 Å². The number of rotatable bonds is 5. The van der Waals surface area contributed by atoms with Crippen LogP contribution in [0.25, 0.3) is 10.9 Å². The number of aromatic nitrogens is 1. The number of quaternary nitrogens is 1. The third kappa shape index (κ3) is 3.54. The van der Waals surface area contributed by atoms with Gasteiger partial charge in [-0.25, -0.2) is 0 Å². The fraction of sp³-hybridized carbons (Fsp3) is 0.200. The summed E-state index contributed by atoms with van der Waals surface area (Å²) >= 11 is 0. The highest BCUT2D eigenvalue weighted by Gasteiger charge is 2.23. The number of nitrogens with one attached hydrogen (secondary N) is 2. The zero-order chi connectivity index (χ0) is 18.8. The van der Waals surface area contributed by atoms with Gasteiger partial charge in [-0.3, -0.25) is 0 Å². The number of benzene rings is 3. The fourth-order valence-corrected chi connectivity index (χ4v) is 4.26. The molecule has 5 rings (SSSR count). The Bertz CT molecular complexity index is 1080. The molecule has 1 aromatic heterocycles. The lowest BCUT2D eigenvalue weighted by molar-refractivity contribution is -0.929. The second-order valence-corrected chi connectivity index (χ2v) is 7.65. The van der Waals surface area contributed by atoms with Crippen molar-refractivity contribution >= 4 is 10.9 Å². The number of ether oxygens (including phenoxy) is 1. The normalized spacial score (nSPS) is 16.1. The summed E-state index contributed by atoms with van der Waals surface area (Å²) < 4.78 is 6.00. The second kappa shape index (κ2) is 7.53. The minimum Gasteiger partial charge on any atom is -0.489 e. The van der Waals surface area contributed by atoms with Crippen molar-refractivity contribution in [1.29, 1.82) is 0 Å². The maximum atomic E-state index is 6.00. The Labute approximate surface area is 165 Å². The highest BCUT2D eigenvalue weighted by Crippen LogP contribution is 2.24. The molecule has 3 nitrogen and oxygen atoms in total. The fourth-order valence-electron chi connectivity index (χ4n) is 4.26. The molecule has 140 valence electrons. The number of para-hydroxylation sites is 1. The first-order valence-corrected chi connectivity index (χ1v) is 10.0. The van der Waals surface area contributed by atoms with Crippen LogP contribution in [0.4, 0.5) is 0 Å². The summed E-state index contributed by atoms with van der Waals surface area (Å²) in [5.41, 5.74) is 6.71. The Kier molecular flexibility index (Phi) is 4.59. The molecule has 1 atom stereocenters. The van der Waals surface area contributed by atoms with Gasteiger partial charge >= 0.3 is 0 Å². The van der Waals surface area contributed by atoms with E-state index in [1.165, 1.54) is 39.8 Å². The molecule has 0 radical (unpaired) electrons. The lowest BCUT2D eigenvalue weighted by Crippen LogP contribution is -3.10. The van der Waals surface area contributed by atoms with E-state index in [0.29, 0.717) is 6.61 Å². The van der Waals surface area contributed by atoms with Crippen molar-refractivity contribution in [3.05, 3.63) is 101 Å². The van der Waals surface area contributed by atoms with Gasteiger partial charge in [0.05, 0.1) is 12.2 Å². The Morgan fingerprint density at radius 3 is 2.61 bits per heavy atom. The summed E-state index contributed by atoms with van der Waals surface area (Å²) in [6.07, 6.45) is 1.14. The average Bonchev–Trinajstić information content (AvgIpc) is 3.11. The van der Waals surface area contributed by atoms with Crippen molar-refractivity contribution in [1.82, 2.24) is 4.98 Å². The molecule has 0 fully saturated rings. The number of fused-ring (bicyclic) bond motifs is 3. The summed E-state index contributed by atoms with van der Waals surface area (Å²) in [7, 11) is 0. The number of hydrogen-bond acceptors (Lipinski definition) is 1. The Morgan fingerprint density at radius 1 is 0.857 bits per heavy atom. The van der Waals surface area contributed by atoms with Crippen molar-refractivity contribution in [2.75, 3.05) is 6.54 Å². The predicted octanol–water partition coefficient (Wildman–Crippen LogP) is 3.89. The molecule has 3 aromatic carbocycles. The van der Waals surface area contributed by atoms with Gasteiger partial charge in [-0.05, 0) is 29.3 Å². The van der Waals surface area contributed by atoms with Crippen molar-refractivity contribution in [2.45, 2.75) is 26.1 Å². The molecule has 3 heteroatoms.